The van der Waals surface area contributed by atoms with Gasteiger partial charge >= 0.3 is 0 Å². The monoisotopic (exact) mass is 332 g/mol. The van der Waals surface area contributed by atoms with Crippen LogP contribution in [0.3, 0.4) is 0 Å². The maximum atomic E-state index is 12.9. The molecule has 1 aliphatic carbocycles. The first-order valence-corrected chi connectivity index (χ1v) is 9.28. The molecule has 1 amide bonds. The highest BCUT2D eigenvalue weighted by Crippen LogP contribution is 2.45. The van der Waals surface area contributed by atoms with Crippen LogP contribution in [-0.2, 0) is 16.1 Å². The average Bonchev–Trinajstić information content (AvgIpc) is 3.23. The molecule has 0 aromatic carbocycles. The highest BCUT2D eigenvalue weighted by molar-refractivity contribution is 5.80. The first-order valence-electron chi connectivity index (χ1n) is 9.28. The van der Waals surface area contributed by atoms with Crippen LogP contribution in [0.4, 0.5) is 0 Å². The number of carbonyl (C=O) groups excluding carboxylic acids is 1. The van der Waals surface area contributed by atoms with Gasteiger partial charge in [-0.2, -0.15) is 0 Å². The fourth-order valence-electron chi connectivity index (χ4n) is 4.32. The Kier molecular flexibility index (Phi) is 4.39. The summed E-state index contributed by atoms with van der Waals surface area (Å²) in [7, 11) is 0. The predicted molar refractivity (Wildman–Crippen MR) is 90.4 cm³/mol. The molecule has 1 saturated carbocycles. The molecule has 5 nitrogen and oxygen atoms in total. The van der Waals surface area contributed by atoms with Crippen molar-refractivity contribution in [3.05, 3.63) is 23.7 Å². The first-order chi connectivity index (χ1) is 11.6. The summed E-state index contributed by atoms with van der Waals surface area (Å²) in [6, 6.07) is 4.06. The standard InChI is InChI=1S/C19H28N2O3/c1-14-2-5-16(24-14)11-21-12-17(18(22)20-10-15-3-4-15)19(13-21)6-8-23-9-7-19/h2,5,15,17H,3-4,6-13H2,1H3,(H,20,22). The molecule has 1 N–H and O–H groups in total. The fraction of sp³-hybridized carbons (Fsp3) is 0.737. The summed E-state index contributed by atoms with van der Waals surface area (Å²) in [6.07, 6.45) is 4.52. The molecule has 132 valence electrons. The van der Waals surface area contributed by atoms with E-state index >= 15 is 0 Å². The number of furan rings is 1. The summed E-state index contributed by atoms with van der Waals surface area (Å²) in [5, 5.41) is 3.22. The number of nitrogens with one attached hydrogen (secondary N) is 1. The van der Waals surface area contributed by atoms with Gasteiger partial charge < -0.3 is 14.5 Å². The predicted octanol–water partition coefficient (Wildman–Crippen LogP) is 2.34. The number of likely N-dealkylation sites (tertiary alicyclic amines) is 1. The van der Waals surface area contributed by atoms with Crippen molar-refractivity contribution in [1.29, 1.82) is 0 Å². The van der Waals surface area contributed by atoms with Gasteiger partial charge in [0, 0.05) is 38.3 Å². The molecule has 2 saturated heterocycles. The topological polar surface area (TPSA) is 54.7 Å². The van der Waals surface area contributed by atoms with Gasteiger partial charge in [0.05, 0.1) is 12.5 Å². The van der Waals surface area contributed by atoms with Crippen molar-refractivity contribution in [3.8, 4) is 0 Å². The highest BCUT2D eigenvalue weighted by Gasteiger charge is 2.50. The minimum atomic E-state index is 0.0769. The number of hydrogen-bond donors (Lipinski definition) is 1. The third-order valence-electron chi connectivity index (χ3n) is 5.96. The number of carbonyl (C=O) groups is 1. The summed E-state index contributed by atoms with van der Waals surface area (Å²) in [5.74, 6) is 3.00. The lowest BCUT2D eigenvalue weighted by Gasteiger charge is -2.37. The zero-order chi connectivity index (χ0) is 16.6. The van der Waals surface area contributed by atoms with Crippen LogP contribution in [0, 0.1) is 24.2 Å². The molecule has 3 heterocycles. The van der Waals surface area contributed by atoms with Crippen molar-refractivity contribution in [3.63, 3.8) is 0 Å². The van der Waals surface area contributed by atoms with Crippen molar-refractivity contribution in [2.24, 2.45) is 17.3 Å². The lowest BCUT2D eigenvalue weighted by molar-refractivity contribution is -0.129. The van der Waals surface area contributed by atoms with Gasteiger partial charge in [0.2, 0.25) is 5.91 Å². The summed E-state index contributed by atoms with van der Waals surface area (Å²) < 4.78 is 11.3. The van der Waals surface area contributed by atoms with Crippen LogP contribution in [0.2, 0.25) is 0 Å². The molecule has 1 aromatic heterocycles. The number of rotatable bonds is 5. The molecule has 1 spiro atoms. The van der Waals surface area contributed by atoms with Crippen LogP contribution >= 0.6 is 0 Å². The molecule has 1 aromatic rings. The van der Waals surface area contributed by atoms with E-state index in [0.717, 1.165) is 69.7 Å². The van der Waals surface area contributed by atoms with Gasteiger partial charge in [-0.05, 0) is 50.7 Å². The Bertz CT molecular complexity index is 587. The Labute approximate surface area is 143 Å². The van der Waals surface area contributed by atoms with Crippen LogP contribution in [-0.4, -0.2) is 43.7 Å². The SMILES string of the molecule is Cc1ccc(CN2CC(C(=O)NCC3CC3)C3(CCOCC3)C2)o1. The van der Waals surface area contributed by atoms with Gasteiger partial charge in [-0.25, -0.2) is 0 Å². The Hall–Kier alpha value is -1.33. The highest BCUT2D eigenvalue weighted by atomic mass is 16.5. The molecule has 3 fully saturated rings. The third-order valence-corrected chi connectivity index (χ3v) is 5.96. The number of amides is 1. The van der Waals surface area contributed by atoms with E-state index in [2.05, 4.69) is 10.2 Å². The summed E-state index contributed by atoms with van der Waals surface area (Å²) in [5.41, 5.74) is 0.0769. The smallest absolute Gasteiger partial charge is 0.225 e. The second-order valence-corrected chi connectivity index (χ2v) is 7.90. The van der Waals surface area contributed by atoms with Crippen LogP contribution < -0.4 is 5.32 Å². The molecule has 0 radical (unpaired) electrons. The van der Waals surface area contributed by atoms with E-state index in [1.165, 1.54) is 12.8 Å². The van der Waals surface area contributed by atoms with Crippen molar-refractivity contribution in [2.75, 3.05) is 32.8 Å². The lowest BCUT2D eigenvalue weighted by atomic mass is 9.71. The van der Waals surface area contributed by atoms with Crippen molar-refractivity contribution < 1.29 is 13.9 Å². The van der Waals surface area contributed by atoms with Crippen LogP contribution in [0.5, 0.6) is 0 Å². The molecular weight excluding hydrogens is 304 g/mol. The van der Waals surface area contributed by atoms with E-state index in [0.29, 0.717) is 0 Å². The normalized spacial score (nSPS) is 26.8. The minimum absolute atomic E-state index is 0.0769. The average molecular weight is 332 g/mol. The Morgan fingerprint density at radius 3 is 2.79 bits per heavy atom. The van der Waals surface area contributed by atoms with E-state index in [9.17, 15) is 4.79 Å². The second-order valence-electron chi connectivity index (χ2n) is 7.90. The van der Waals surface area contributed by atoms with Gasteiger partial charge in [-0.3, -0.25) is 9.69 Å². The Morgan fingerprint density at radius 2 is 2.12 bits per heavy atom. The van der Waals surface area contributed by atoms with Crippen molar-refractivity contribution in [1.82, 2.24) is 10.2 Å². The van der Waals surface area contributed by atoms with E-state index in [4.69, 9.17) is 9.15 Å². The van der Waals surface area contributed by atoms with Gasteiger partial charge in [-0.1, -0.05) is 0 Å². The van der Waals surface area contributed by atoms with Gasteiger partial charge in [0.15, 0.2) is 0 Å². The largest absolute Gasteiger partial charge is 0.465 e. The van der Waals surface area contributed by atoms with Crippen LogP contribution in [0.25, 0.3) is 0 Å². The van der Waals surface area contributed by atoms with Crippen LogP contribution in [0.1, 0.15) is 37.2 Å². The van der Waals surface area contributed by atoms with E-state index < -0.39 is 0 Å². The molecule has 24 heavy (non-hydrogen) atoms. The zero-order valence-electron chi connectivity index (χ0n) is 14.6. The number of ether oxygens (including phenoxy) is 1. The van der Waals surface area contributed by atoms with E-state index in [-0.39, 0.29) is 17.2 Å². The molecule has 2 aliphatic heterocycles. The van der Waals surface area contributed by atoms with Crippen molar-refractivity contribution >= 4 is 5.91 Å². The molecular formula is C19H28N2O3. The van der Waals surface area contributed by atoms with Crippen molar-refractivity contribution in [2.45, 2.75) is 39.2 Å². The van der Waals surface area contributed by atoms with E-state index in [1.54, 1.807) is 0 Å². The van der Waals surface area contributed by atoms with Gasteiger partial charge in [0.1, 0.15) is 11.5 Å². The lowest BCUT2D eigenvalue weighted by Crippen LogP contribution is -2.44. The second kappa shape index (κ2) is 6.52. The van der Waals surface area contributed by atoms with Gasteiger partial charge in [-0.15, -0.1) is 0 Å². The third kappa shape index (κ3) is 3.38. The summed E-state index contributed by atoms with van der Waals surface area (Å²) >= 11 is 0. The molecule has 5 heteroatoms. The van der Waals surface area contributed by atoms with E-state index in [1.807, 2.05) is 19.1 Å². The van der Waals surface area contributed by atoms with Gasteiger partial charge in [0.25, 0.3) is 0 Å². The molecule has 3 aliphatic rings. The minimum Gasteiger partial charge on any atom is -0.465 e. The maximum absolute atomic E-state index is 12.9. The summed E-state index contributed by atoms with van der Waals surface area (Å²) in [4.78, 5) is 15.2. The zero-order valence-corrected chi connectivity index (χ0v) is 14.6. The Morgan fingerprint density at radius 1 is 1.33 bits per heavy atom. The number of aryl methyl sites for hydroxylation is 1. The maximum Gasteiger partial charge on any atom is 0.225 e. The molecule has 4 rings (SSSR count). The first kappa shape index (κ1) is 16.2. The molecule has 1 unspecified atom stereocenters. The summed E-state index contributed by atoms with van der Waals surface area (Å²) in [6.45, 7) is 6.98. The fourth-order valence-corrected chi connectivity index (χ4v) is 4.32. The van der Waals surface area contributed by atoms with Crippen LogP contribution in [0.15, 0.2) is 16.5 Å². The Balaban J connectivity index is 1.45. The number of hydrogen-bond acceptors (Lipinski definition) is 4. The number of nitrogens with zero attached hydrogens (tertiary/aromatic N) is 1. The molecule has 1 atom stereocenters. The quantitative estimate of drug-likeness (QED) is 0.899. The molecule has 0 bridgehead atoms.